The topological polar surface area (TPSA) is 28.3 Å². The largest absolute Gasteiger partial charge is 0.494 e. The number of nitrogens with zero attached hydrogens (tertiary/aromatic N) is 2. The van der Waals surface area contributed by atoms with Crippen LogP contribution >= 0.6 is 0 Å². The molecular weight excluding hydrogens is 743 g/mol. The molecule has 0 aliphatic carbocycles. The molecule has 1 aliphatic rings. The first-order valence-electron chi connectivity index (χ1n) is 21.3. The third kappa shape index (κ3) is 5.47. The van der Waals surface area contributed by atoms with Crippen molar-refractivity contribution in [2.24, 2.45) is 0 Å². The Bertz CT molecular complexity index is 3530. The molecule has 61 heavy (non-hydrogen) atoms. The van der Waals surface area contributed by atoms with Crippen molar-refractivity contribution < 1.29 is 9.31 Å². The summed E-state index contributed by atoms with van der Waals surface area (Å²) in [6.45, 7) is 8.49. The molecule has 5 heteroatoms. The zero-order valence-electron chi connectivity index (χ0n) is 34.7. The minimum Gasteiger partial charge on any atom is -0.399 e. The van der Waals surface area contributed by atoms with Crippen LogP contribution in [-0.2, 0) is 9.31 Å². The van der Waals surface area contributed by atoms with Gasteiger partial charge >= 0.3 is 7.12 Å². The Balaban J connectivity index is 1.11. The van der Waals surface area contributed by atoms with E-state index >= 15 is 0 Å². The lowest BCUT2D eigenvalue weighted by Crippen LogP contribution is -2.41. The van der Waals surface area contributed by atoms with Crippen LogP contribution in [-0.4, -0.2) is 27.5 Å². The van der Waals surface area contributed by atoms with Gasteiger partial charge in [-0.1, -0.05) is 133 Å². The van der Waals surface area contributed by atoms with Crippen molar-refractivity contribution in [2.45, 2.75) is 38.9 Å². The molecule has 0 bridgehead atoms. The lowest BCUT2D eigenvalue weighted by molar-refractivity contribution is 0.00578. The van der Waals surface area contributed by atoms with Gasteiger partial charge in [0, 0.05) is 38.3 Å². The predicted octanol–water partition coefficient (Wildman–Crippen LogP) is 13.8. The average molecular weight is 787 g/mol. The highest BCUT2D eigenvalue weighted by Crippen LogP contribution is 2.44. The highest BCUT2D eigenvalue weighted by atomic mass is 16.7. The molecule has 0 atom stereocenters. The van der Waals surface area contributed by atoms with E-state index in [0.29, 0.717) is 0 Å². The Morgan fingerprint density at radius 2 is 0.869 bits per heavy atom. The van der Waals surface area contributed by atoms with E-state index in [1.54, 1.807) is 0 Å². The third-order valence-corrected chi connectivity index (χ3v) is 13.5. The first-order chi connectivity index (χ1) is 29.7. The zero-order chi connectivity index (χ0) is 41.0. The van der Waals surface area contributed by atoms with Crippen molar-refractivity contribution in [3.63, 3.8) is 0 Å². The Morgan fingerprint density at radius 3 is 1.54 bits per heavy atom. The van der Waals surface area contributed by atoms with E-state index in [0.717, 1.165) is 44.6 Å². The molecule has 1 saturated heterocycles. The maximum absolute atomic E-state index is 6.75. The Labute approximate surface area is 355 Å². The molecule has 9 aromatic carbocycles. The minimum absolute atomic E-state index is 0.479. The first kappa shape index (κ1) is 36.0. The monoisotopic (exact) mass is 786 g/mol. The van der Waals surface area contributed by atoms with Gasteiger partial charge in [-0.25, -0.2) is 0 Å². The number of hydrogen-bond acceptors (Lipinski definition) is 2. The molecule has 3 heterocycles. The molecular formula is C56H43BN2O2. The maximum Gasteiger partial charge on any atom is 0.494 e. The predicted molar refractivity (Wildman–Crippen MR) is 257 cm³/mol. The molecule has 11 aromatic rings. The summed E-state index contributed by atoms with van der Waals surface area (Å²) in [5.41, 5.74) is 11.6. The first-order valence-corrected chi connectivity index (χ1v) is 21.3. The van der Waals surface area contributed by atoms with E-state index in [2.05, 4.69) is 225 Å². The van der Waals surface area contributed by atoms with E-state index in [4.69, 9.17) is 9.31 Å². The van der Waals surface area contributed by atoms with Crippen LogP contribution in [0.2, 0.25) is 0 Å². The van der Waals surface area contributed by atoms with E-state index in [1.807, 2.05) is 0 Å². The summed E-state index contributed by atoms with van der Waals surface area (Å²) in [5.74, 6) is 0. The van der Waals surface area contributed by atoms with E-state index in [9.17, 15) is 0 Å². The number of rotatable bonds is 5. The van der Waals surface area contributed by atoms with Gasteiger partial charge in [-0.15, -0.1) is 0 Å². The zero-order valence-corrected chi connectivity index (χ0v) is 34.7. The Kier molecular flexibility index (Phi) is 7.84. The van der Waals surface area contributed by atoms with Crippen molar-refractivity contribution >= 4 is 77.7 Å². The van der Waals surface area contributed by atoms with Crippen molar-refractivity contribution in [3.05, 3.63) is 188 Å². The molecule has 4 nitrogen and oxygen atoms in total. The molecule has 0 N–H and O–H groups in total. The van der Waals surface area contributed by atoms with Crippen molar-refractivity contribution in [2.75, 3.05) is 0 Å². The van der Waals surface area contributed by atoms with Crippen molar-refractivity contribution in [1.82, 2.24) is 9.13 Å². The van der Waals surface area contributed by atoms with Crippen molar-refractivity contribution in [3.8, 4) is 33.6 Å². The average Bonchev–Trinajstić information content (AvgIpc) is 3.90. The van der Waals surface area contributed by atoms with E-state index < -0.39 is 18.3 Å². The summed E-state index contributed by atoms with van der Waals surface area (Å²) in [4.78, 5) is 0. The number of para-hydroxylation sites is 3. The maximum atomic E-state index is 6.75. The highest BCUT2D eigenvalue weighted by Gasteiger charge is 2.51. The lowest BCUT2D eigenvalue weighted by Gasteiger charge is -2.32. The molecule has 0 spiro atoms. The van der Waals surface area contributed by atoms with Gasteiger partial charge in [-0.05, 0) is 126 Å². The second kappa shape index (κ2) is 13.3. The molecule has 0 radical (unpaired) electrons. The minimum atomic E-state index is -0.523. The fourth-order valence-corrected chi connectivity index (χ4v) is 9.81. The summed E-state index contributed by atoms with van der Waals surface area (Å²) < 4.78 is 18.3. The van der Waals surface area contributed by atoms with Crippen LogP contribution in [0.4, 0.5) is 0 Å². The van der Waals surface area contributed by atoms with Gasteiger partial charge in [0.1, 0.15) is 0 Å². The van der Waals surface area contributed by atoms with Crippen LogP contribution in [0, 0.1) is 0 Å². The van der Waals surface area contributed by atoms with E-state index in [-0.39, 0.29) is 0 Å². The summed E-state index contributed by atoms with van der Waals surface area (Å²) >= 11 is 0. The number of hydrogen-bond donors (Lipinski definition) is 0. The fourth-order valence-electron chi connectivity index (χ4n) is 9.81. The normalized spacial score (nSPS) is 15.0. The number of benzene rings is 9. The second-order valence-corrected chi connectivity index (χ2v) is 17.6. The van der Waals surface area contributed by atoms with Gasteiger partial charge in [-0.2, -0.15) is 0 Å². The quantitative estimate of drug-likeness (QED) is 0.128. The smallest absolute Gasteiger partial charge is 0.399 e. The molecule has 292 valence electrons. The van der Waals surface area contributed by atoms with Gasteiger partial charge in [0.15, 0.2) is 0 Å². The van der Waals surface area contributed by atoms with Crippen LogP contribution in [0.5, 0.6) is 0 Å². The van der Waals surface area contributed by atoms with Crippen LogP contribution in [0.25, 0.3) is 98.8 Å². The van der Waals surface area contributed by atoms with Gasteiger partial charge in [-0.3, -0.25) is 0 Å². The summed E-state index contributed by atoms with van der Waals surface area (Å²) in [6, 6.07) is 68.6. The molecule has 0 saturated carbocycles. The summed E-state index contributed by atoms with van der Waals surface area (Å²) in [7, 11) is -0.523. The Hall–Kier alpha value is -6.92. The molecule has 1 aliphatic heterocycles. The number of aromatic nitrogens is 2. The van der Waals surface area contributed by atoms with Crippen LogP contribution in [0.15, 0.2) is 188 Å². The van der Waals surface area contributed by atoms with Crippen LogP contribution in [0.3, 0.4) is 0 Å². The Morgan fingerprint density at radius 1 is 0.361 bits per heavy atom. The van der Waals surface area contributed by atoms with Crippen LogP contribution < -0.4 is 5.46 Å². The summed E-state index contributed by atoms with van der Waals surface area (Å²) in [5, 5.41) is 9.98. The van der Waals surface area contributed by atoms with Gasteiger partial charge in [0.25, 0.3) is 0 Å². The number of fused-ring (bicyclic) bond motifs is 11. The highest BCUT2D eigenvalue weighted by molar-refractivity contribution is 6.62. The fraction of sp³-hybridized carbons (Fsp3) is 0.107. The van der Waals surface area contributed by atoms with Gasteiger partial charge < -0.3 is 18.4 Å². The van der Waals surface area contributed by atoms with E-state index in [1.165, 1.54) is 59.6 Å². The lowest BCUT2D eigenvalue weighted by atomic mass is 9.76. The third-order valence-electron chi connectivity index (χ3n) is 13.5. The SMILES string of the molecule is CC1(C)OB(c2cc(-c3ccc4c(c3)c3ccccc3n4-c3ccccc3)cc(-c3ccc4c5c6ccccc6c6ccccc6c5n(-c5ccccc5)c4c3)c2)OC1(C)C. The van der Waals surface area contributed by atoms with Gasteiger partial charge in [0.2, 0.25) is 0 Å². The van der Waals surface area contributed by atoms with Crippen molar-refractivity contribution in [1.29, 1.82) is 0 Å². The molecule has 2 aromatic heterocycles. The molecule has 0 amide bonds. The molecule has 1 fully saturated rings. The molecule has 0 unspecified atom stereocenters. The molecule has 12 rings (SSSR count). The summed E-state index contributed by atoms with van der Waals surface area (Å²) in [6.07, 6.45) is 0. The standard InChI is InChI=1S/C56H43BN2O2/c1-55(2)56(3,4)61-57(60-55)40-32-38(36-28-30-51-49(34-36)45-23-15-16-26-50(45)58(51)41-17-7-5-8-18-41)31-39(33-40)37-27-29-48-52(35-37)59(42-19-9-6-10-20-42)54-47-25-14-12-22-44(47)43-21-11-13-24-46(43)53(48)54/h5-35H,1-4H3. The van der Waals surface area contributed by atoms with Crippen LogP contribution in [0.1, 0.15) is 27.7 Å². The van der Waals surface area contributed by atoms with Gasteiger partial charge in [0.05, 0.1) is 33.3 Å². The second-order valence-electron chi connectivity index (χ2n) is 17.6.